The first-order chi connectivity index (χ1) is 15.8. The minimum absolute atomic E-state index is 0.0371. The van der Waals surface area contributed by atoms with Crippen LogP contribution in [-0.2, 0) is 14.8 Å². The maximum absolute atomic E-state index is 13.4. The minimum Gasteiger partial charge on any atom is -0.492 e. The highest BCUT2D eigenvalue weighted by Crippen LogP contribution is 2.32. The van der Waals surface area contributed by atoms with Crippen LogP contribution in [0.2, 0.25) is 0 Å². The molecule has 0 aliphatic rings. The van der Waals surface area contributed by atoms with E-state index in [1.807, 2.05) is 0 Å². The van der Waals surface area contributed by atoms with E-state index in [1.165, 1.54) is 36.4 Å². The van der Waals surface area contributed by atoms with E-state index in [0.717, 1.165) is 4.31 Å². The standard InChI is InChI=1S/C24H24FN3O4S/c1-3-32-23-12-8-7-11-22(23)28(33(30,31)21-9-5-4-6-10-21)17-24(29)27-26-18(2)19-13-15-20(25)16-14-19/h4-16H,3,17H2,1-2H3,(H,27,29)/b26-18-. The van der Waals surface area contributed by atoms with Gasteiger partial charge in [0.1, 0.15) is 18.1 Å². The van der Waals surface area contributed by atoms with E-state index in [1.54, 1.807) is 56.3 Å². The second-order valence-corrected chi connectivity index (χ2v) is 8.83. The Balaban J connectivity index is 1.91. The highest BCUT2D eigenvalue weighted by molar-refractivity contribution is 7.92. The second kappa shape index (κ2) is 10.7. The summed E-state index contributed by atoms with van der Waals surface area (Å²) in [5.41, 5.74) is 3.67. The first-order valence-corrected chi connectivity index (χ1v) is 11.7. The van der Waals surface area contributed by atoms with E-state index >= 15 is 0 Å². The monoisotopic (exact) mass is 469 g/mol. The number of anilines is 1. The number of benzene rings is 3. The molecule has 0 atom stereocenters. The molecule has 0 aliphatic heterocycles. The smallest absolute Gasteiger partial charge is 0.264 e. The summed E-state index contributed by atoms with van der Waals surface area (Å²) in [5.74, 6) is -0.703. The van der Waals surface area contributed by atoms with Gasteiger partial charge in [0.2, 0.25) is 0 Å². The predicted molar refractivity (Wildman–Crippen MR) is 125 cm³/mol. The van der Waals surface area contributed by atoms with Crippen LogP contribution >= 0.6 is 0 Å². The topological polar surface area (TPSA) is 88.1 Å². The molecule has 0 bridgehead atoms. The van der Waals surface area contributed by atoms with E-state index in [4.69, 9.17) is 4.74 Å². The normalized spacial score (nSPS) is 11.7. The van der Waals surface area contributed by atoms with Crippen molar-refractivity contribution in [1.29, 1.82) is 0 Å². The van der Waals surface area contributed by atoms with Crippen molar-refractivity contribution >= 4 is 27.3 Å². The third kappa shape index (κ3) is 5.95. The molecule has 0 spiro atoms. The molecule has 0 heterocycles. The molecular weight excluding hydrogens is 445 g/mol. The molecule has 1 amide bonds. The number of rotatable bonds is 9. The van der Waals surface area contributed by atoms with Crippen LogP contribution < -0.4 is 14.5 Å². The molecule has 0 unspecified atom stereocenters. The third-order valence-corrected chi connectivity index (χ3v) is 6.44. The number of nitrogens with one attached hydrogen (secondary N) is 1. The Kier molecular flexibility index (Phi) is 7.78. The van der Waals surface area contributed by atoms with Gasteiger partial charge in [-0.15, -0.1) is 0 Å². The highest BCUT2D eigenvalue weighted by Gasteiger charge is 2.29. The predicted octanol–water partition coefficient (Wildman–Crippen LogP) is 3.96. The number of hydrogen-bond donors (Lipinski definition) is 1. The zero-order valence-corrected chi connectivity index (χ0v) is 19.0. The average Bonchev–Trinajstić information content (AvgIpc) is 2.82. The van der Waals surface area contributed by atoms with E-state index in [0.29, 0.717) is 23.6 Å². The van der Waals surface area contributed by atoms with Gasteiger partial charge < -0.3 is 4.74 Å². The number of carbonyl (C=O) groups is 1. The number of para-hydroxylation sites is 2. The molecule has 9 heteroatoms. The van der Waals surface area contributed by atoms with Gasteiger partial charge in [-0.25, -0.2) is 18.2 Å². The number of halogens is 1. The van der Waals surface area contributed by atoms with Crippen LogP contribution in [0.4, 0.5) is 10.1 Å². The van der Waals surface area contributed by atoms with E-state index in [2.05, 4.69) is 10.5 Å². The van der Waals surface area contributed by atoms with Crippen molar-refractivity contribution in [3.8, 4) is 5.75 Å². The van der Waals surface area contributed by atoms with Crippen LogP contribution in [0.3, 0.4) is 0 Å². The number of ether oxygens (including phenoxy) is 1. The lowest BCUT2D eigenvalue weighted by Crippen LogP contribution is -2.40. The summed E-state index contributed by atoms with van der Waals surface area (Å²) in [6, 6.07) is 20.1. The molecule has 7 nitrogen and oxygen atoms in total. The van der Waals surface area contributed by atoms with Crippen molar-refractivity contribution in [2.75, 3.05) is 17.5 Å². The third-order valence-electron chi connectivity index (χ3n) is 4.66. The number of hydrogen-bond acceptors (Lipinski definition) is 5. The molecule has 0 saturated heterocycles. The van der Waals surface area contributed by atoms with Crippen molar-refractivity contribution in [1.82, 2.24) is 5.43 Å². The van der Waals surface area contributed by atoms with Crippen molar-refractivity contribution in [2.45, 2.75) is 18.7 Å². The summed E-state index contributed by atoms with van der Waals surface area (Å²) in [7, 11) is -4.08. The van der Waals surface area contributed by atoms with Gasteiger partial charge in [-0.1, -0.05) is 42.5 Å². The Morgan fingerprint density at radius 3 is 2.30 bits per heavy atom. The maximum atomic E-state index is 13.4. The van der Waals surface area contributed by atoms with Gasteiger partial charge >= 0.3 is 0 Å². The average molecular weight is 470 g/mol. The molecule has 172 valence electrons. The Morgan fingerprint density at radius 2 is 1.64 bits per heavy atom. The van der Waals surface area contributed by atoms with Crippen LogP contribution in [0.15, 0.2) is 88.9 Å². The summed E-state index contributed by atoms with van der Waals surface area (Å²) < 4.78 is 46.6. The van der Waals surface area contributed by atoms with E-state index in [9.17, 15) is 17.6 Å². The number of carbonyl (C=O) groups excluding carboxylic acids is 1. The van der Waals surface area contributed by atoms with Crippen LogP contribution in [0, 0.1) is 5.82 Å². The van der Waals surface area contributed by atoms with Crippen LogP contribution in [-0.4, -0.2) is 33.2 Å². The second-order valence-electron chi connectivity index (χ2n) is 6.96. The lowest BCUT2D eigenvalue weighted by molar-refractivity contribution is -0.119. The van der Waals surface area contributed by atoms with Gasteiger partial charge in [0.15, 0.2) is 0 Å². The fraction of sp³-hybridized carbons (Fsp3) is 0.167. The van der Waals surface area contributed by atoms with Crippen molar-refractivity contribution in [3.05, 3.63) is 90.2 Å². The minimum atomic E-state index is -4.08. The maximum Gasteiger partial charge on any atom is 0.264 e. The molecule has 1 N–H and O–H groups in total. The fourth-order valence-electron chi connectivity index (χ4n) is 3.03. The van der Waals surface area contributed by atoms with Gasteiger partial charge in [-0.2, -0.15) is 5.10 Å². The Bertz CT molecular complexity index is 1230. The molecule has 0 saturated carbocycles. The van der Waals surface area contributed by atoms with Crippen molar-refractivity contribution < 1.29 is 22.3 Å². The molecule has 3 aromatic rings. The number of hydrazone groups is 1. The number of sulfonamides is 1. The van der Waals surface area contributed by atoms with Crippen molar-refractivity contribution in [2.24, 2.45) is 5.10 Å². The summed E-state index contributed by atoms with van der Waals surface area (Å²) in [5, 5.41) is 4.03. The summed E-state index contributed by atoms with van der Waals surface area (Å²) in [6.45, 7) is 3.23. The van der Waals surface area contributed by atoms with Crippen LogP contribution in [0.25, 0.3) is 0 Å². The lowest BCUT2D eigenvalue weighted by atomic mass is 10.1. The molecule has 0 radical (unpaired) electrons. The zero-order valence-electron chi connectivity index (χ0n) is 18.2. The van der Waals surface area contributed by atoms with Gasteiger partial charge in [0.05, 0.1) is 22.9 Å². The number of nitrogens with zero attached hydrogens (tertiary/aromatic N) is 2. The Hall–Kier alpha value is -3.72. The first kappa shape index (κ1) is 23.9. The molecular formula is C24H24FN3O4S. The molecule has 3 aromatic carbocycles. The summed E-state index contributed by atoms with van der Waals surface area (Å²) in [4.78, 5) is 12.8. The first-order valence-electron chi connectivity index (χ1n) is 10.2. The van der Waals surface area contributed by atoms with E-state index in [-0.39, 0.29) is 16.4 Å². The van der Waals surface area contributed by atoms with Gasteiger partial charge in [0, 0.05) is 0 Å². The molecule has 3 rings (SSSR count). The lowest BCUT2D eigenvalue weighted by Gasteiger charge is -2.25. The Labute approximate surface area is 192 Å². The molecule has 0 aromatic heterocycles. The molecule has 0 fully saturated rings. The Morgan fingerprint density at radius 1 is 1.00 bits per heavy atom. The summed E-state index contributed by atoms with van der Waals surface area (Å²) >= 11 is 0. The zero-order chi connectivity index (χ0) is 23.8. The van der Waals surface area contributed by atoms with Gasteiger partial charge in [-0.3, -0.25) is 9.10 Å². The number of amides is 1. The van der Waals surface area contributed by atoms with Crippen molar-refractivity contribution in [3.63, 3.8) is 0 Å². The molecule has 33 heavy (non-hydrogen) atoms. The largest absolute Gasteiger partial charge is 0.492 e. The van der Waals surface area contributed by atoms with Gasteiger partial charge in [0.25, 0.3) is 15.9 Å². The van der Waals surface area contributed by atoms with Crippen LogP contribution in [0.1, 0.15) is 19.4 Å². The van der Waals surface area contributed by atoms with Crippen LogP contribution in [0.5, 0.6) is 5.75 Å². The van der Waals surface area contributed by atoms with E-state index < -0.39 is 22.5 Å². The quantitative estimate of drug-likeness (QED) is 0.380. The summed E-state index contributed by atoms with van der Waals surface area (Å²) in [6.07, 6.45) is 0. The highest BCUT2D eigenvalue weighted by atomic mass is 32.2. The molecule has 0 aliphatic carbocycles. The SMILES string of the molecule is CCOc1ccccc1N(CC(=O)N/N=C(/C)c1ccc(F)cc1)S(=O)(=O)c1ccccc1. The fourth-order valence-corrected chi connectivity index (χ4v) is 4.48. The van der Waals surface area contributed by atoms with Gasteiger partial charge in [-0.05, 0) is 55.8 Å².